The van der Waals surface area contributed by atoms with E-state index in [-0.39, 0.29) is 11.8 Å². The van der Waals surface area contributed by atoms with Crippen LogP contribution >= 0.6 is 11.6 Å². The number of phenolic OH excluding ortho intramolecular Hbond substituents is 1. The van der Waals surface area contributed by atoms with Crippen molar-refractivity contribution < 1.29 is 9.63 Å². The van der Waals surface area contributed by atoms with Gasteiger partial charge in [0.2, 0.25) is 5.82 Å². The van der Waals surface area contributed by atoms with Crippen LogP contribution in [0.1, 0.15) is 0 Å². The van der Waals surface area contributed by atoms with Crippen molar-refractivity contribution in [2.24, 2.45) is 0 Å². The van der Waals surface area contributed by atoms with Crippen LogP contribution in [0.2, 0.25) is 5.02 Å². The summed E-state index contributed by atoms with van der Waals surface area (Å²) < 4.78 is 4.60. The topological polar surface area (TPSA) is 85.2 Å². The summed E-state index contributed by atoms with van der Waals surface area (Å²) in [5, 5.41) is 13.1. The lowest BCUT2D eigenvalue weighted by Gasteiger charge is -1.98. The molecule has 1 heterocycles. The Kier molecular flexibility index (Phi) is 2.01. The lowest BCUT2D eigenvalue weighted by atomic mass is 10.2. The fourth-order valence-electron chi connectivity index (χ4n) is 1.03. The largest absolute Gasteiger partial charge is 0.508 e. The molecule has 1 aromatic heterocycles. The Morgan fingerprint density at radius 2 is 2.21 bits per heavy atom. The molecule has 0 aliphatic carbocycles. The van der Waals surface area contributed by atoms with Gasteiger partial charge in [0.05, 0.1) is 5.02 Å². The first kappa shape index (κ1) is 8.83. The third-order valence-electron chi connectivity index (χ3n) is 1.64. The van der Waals surface area contributed by atoms with E-state index in [0.29, 0.717) is 16.4 Å². The number of rotatable bonds is 1. The minimum absolute atomic E-state index is 0.0239. The predicted octanol–water partition coefficient (Wildman–Crippen LogP) is 1.68. The molecule has 0 spiro atoms. The molecule has 14 heavy (non-hydrogen) atoms. The number of nitrogen functional groups attached to an aromatic ring is 1. The number of nitrogens with two attached hydrogens (primary N) is 1. The zero-order valence-electron chi connectivity index (χ0n) is 6.94. The normalized spacial score (nSPS) is 10.4. The van der Waals surface area contributed by atoms with E-state index in [0.717, 1.165) is 0 Å². The molecule has 0 radical (unpaired) electrons. The molecule has 72 valence electrons. The third-order valence-corrected chi connectivity index (χ3v) is 1.95. The van der Waals surface area contributed by atoms with Crippen LogP contribution in [0.15, 0.2) is 22.7 Å². The second kappa shape index (κ2) is 3.19. The van der Waals surface area contributed by atoms with E-state index in [2.05, 4.69) is 14.7 Å². The first-order valence-corrected chi connectivity index (χ1v) is 4.12. The summed E-state index contributed by atoms with van der Waals surface area (Å²) in [4.78, 5) is 3.81. The van der Waals surface area contributed by atoms with Crippen LogP contribution in [0.3, 0.4) is 0 Å². The molecule has 2 aromatic rings. The first-order chi connectivity index (χ1) is 6.66. The lowest BCUT2D eigenvalue weighted by Crippen LogP contribution is -1.84. The molecule has 2 rings (SSSR count). The fraction of sp³-hybridized carbons (Fsp3) is 0. The number of anilines is 1. The van der Waals surface area contributed by atoms with Crippen molar-refractivity contribution in [2.75, 3.05) is 5.73 Å². The van der Waals surface area contributed by atoms with E-state index in [1.165, 1.54) is 12.1 Å². The van der Waals surface area contributed by atoms with Gasteiger partial charge >= 0.3 is 6.01 Å². The highest BCUT2D eigenvalue weighted by Crippen LogP contribution is 2.28. The molecule has 0 amide bonds. The molecular formula is C8H6ClN3O2. The highest BCUT2D eigenvalue weighted by atomic mass is 35.5. The van der Waals surface area contributed by atoms with Gasteiger partial charge < -0.3 is 15.4 Å². The molecule has 0 saturated heterocycles. The Labute approximate surface area is 84.1 Å². The number of hydrogen-bond acceptors (Lipinski definition) is 5. The molecule has 6 heteroatoms. The van der Waals surface area contributed by atoms with Gasteiger partial charge in [-0.15, -0.1) is 0 Å². The molecule has 5 nitrogen and oxygen atoms in total. The highest BCUT2D eigenvalue weighted by Gasteiger charge is 2.10. The van der Waals surface area contributed by atoms with Gasteiger partial charge in [-0.05, 0) is 18.2 Å². The summed E-state index contributed by atoms with van der Waals surface area (Å²) >= 11 is 5.85. The van der Waals surface area contributed by atoms with Gasteiger partial charge in [-0.2, -0.15) is 4.98 Å². The van der Waals surface area contributed by atoms with Crippen LogP contribution in [0.25, 0.3) is 11.4 Å². The zero-order valence-corrected chi connectivity index (χ0v) is 7.69. The summed E-state index contributed by atoms with van der Waals surface area (Å²) in [6.45, 7) is 0. The minimum atomic E-state index is -0.0239. The van der Waals surface area contributed by atoms with Crippen LogP contribution < -0.4 is 5.73 Å². The molecule has 0 unspecified atom stereocenters. The molecule has 0 saturated carbocycles. The highest BCUT2D eigenvalue weighted by molar-refractivity contribution is 6.33. The Balaban J connectivity index is 2.52. The maximum atomic E-state index is 9.12. The van der Waals surface area contributed by atoms with Crippen molar-refractivity contribution in [1.29, 1.82) is 0 Å². The number of hydrogen-bond donors (Lipinski definition) is 2. The molecule has 0 aliphatic rings. The van der Waals surface area contributed by atoms with Crippen molar-refractivity contribution >= 4 is 17.6 Å². The second-order valence-corrected chi connectivity index (χ2v) is 3.03. The minimum Gasteiger partial charge on any atom is -0.508 e. The van der Waals surface area contributed by atoms with E-state index >= 15 is 0 Å². The van der Waals surface area contributed by atoms with E-state index in [9.17, 15) is 0 Å². The Morgan fingerprint density at radius 1 is 1.43 bits per heavy atom. The SMILES string of the molecule is Nc1nc(-c2ccc(O)cc2Cl)no1. The van der Waals surface area contributed by atoms with Crippen LogP contribution in [-0.4, -0.2) is 15.2 Å². The quantitative estimate of drug-likeness (QED) is 0.750. The number of nitrogens with zero attached hydrogens (tertiary/aromatic N) is 2. The smallest absolute Gasteiger partial charge is 0.319 e. The van der Waals surface area contributed by atoms with Crippen LogP contribution in [0, 0.1) is 0 Å². The van der Waals surface area contributed by atoms with Gasteiger partial charge in [-0.3, -0.25) is 0 Å². The van der Waals surface area contributed by atoms with Gasteiger partial charge in [0, 0.05) is 5.56 Å². The number of aromatic nitrogens is 2. The van der Waals surface area contributed by atoms with Gasteiger partial charge in [0.1, 0.15) is 5.75 Å². The van der Waals surface area contributed by atoms with E-state index in [1.807, 2.05) is 0 Å². The molecule has 1 aromatic carbocycles. The van der Waals surface area contributed by atoms with Crippen molar-refractivity contribution in [3.05, 3.63) is 23.2 Å². The first-order valence-electron chi connectivity index (χ1n) is 3.75. The molecule has 3 N–H and O–H groups in total. The number of phenols is 1. The lowest BCUT2D eigenvalue weighted by molar-refractivity contribution is 0.437. The predicted molar refractivity (Wildman–Crippen MR) is 50.8 cm³/mol. The Morgan fingerprint density at radius 3 is 2.79 bits per heavy atom. The van der Waals surface area contributed by atoms with Gasteiger partial charge in [0.25, 0.3) is 0 Å². The summed E-state index contributed by atoms with van der Waals surface area (Å²) in [5.41, 5.74) is 5.82. The van der Waals surface area contributed by atoms with E-state index < -0.39 is 0 Å². The van der Waals surface area contributed by atoms with Gasteiger partial charge in [-0.25, -0.2) is 0 Å². The third kappa shape index (κ3) is 1.49. The summed E-state index contributed by atoms with van der Waals surface area (Å²) in [6, 6.07) is 4.43. The molecule has 0 bridgehead atoms. The van der Waals surface area contributed by atoms with Crippen LogP contribution in [0.5, 0.6) is 5.75 Å². The Hall–Kier alpha value is -1.75. The molecule has 0 aliphatic heterocycles. The maximum Gasteiger partial charge on any atom is 0.319 e. The van der Waals surface area contributed by atoms with Crippen LogP contribution in [0.4, 0.5) is 6.01 Å². The monoisotopic (exact) mass is 211 g/mol. The van der Waals surface area contributed by atoms with Crippen molar-refractivity contribution in [3.8, 4) is 17.1 Å². The van der Waals surface area contributed by atoms with E-state index in [4.69, 9.17) is 22.4 Å². The second-order valence-electron chi connectivity index (χ2n) is 2.62. The standard InChI is InChI=1S/C8H6ClN3O2/c9-6-3-4(13)1-2-5(6)7-11-8(10)14-12-7/h1-3,13H,(H2,10,11,12). The molecule has 0 atom stereocenters. The number of halogens is 1. The number of benzene rings is 1. The van der Waals surface area contributed by atoms with Crippen LogP contribution in [-0.2, 0) is 0 Å². The van der Waals surface area contributed by atoms with Gasteiger partial charge in [-0.1, -0.05) is 16.8 Å². The zero-order chi connectivity index (χ0) is 10.1. The maximum absolute atomic E-state index is 9.12. The van der Waals surface area contributed by atoms with Gasteiger partial charge in [0.15, 0.2) is 0 Å². The van der Waals surface area contributed by atoms with Crippen molar-refractivity contribution in [3.63, 3.8) is 0 Å². The molecule has 0 fully saturated rings. The average molecular weight is 212 g/mol. The summed E-state index contributed by atoms with van der Waals surface area (Å²) in [5.74, 6) is 0.378. The van der Waals surface area contributed by atoms with Crippen molar-refractivity contribution in [2.45, 2.75) is 0 Å². The van der Waals surface area contributed by atoms with E-state index in [1.54, 1.807) is 6.07 Å². The number of aromatic hydroxyl groups is 1. The Bertz CT molecular complexity index is 469. The molecular weight excluding hydrogens is 206 g/mol. The van der Waals surface area contributed by atoms with Crippen molar-refractivity contribution in [1.82, 2.24) is 10.1 Å². The summed E-state index contributed by atoms with van der Waals surface area (Å²) in [7, 11) is 0. The average Bonchev–Trinajstić information content (AvgIpc) is 2.51. The summed E-state index contributed by atoms with van der Waals surface area (Å²) in [6.07, 6.45) is 0. The fourth-order valence-corrected chi connectivity index (χ4v) is 1.29.